The molecule has 0 saturated heterocycles. The molecule has 29 heavy (non-hydrogen) atoms. The average Bonchev–Trinajstić information content (AvgIpc) is 3.30. The Kier molecular flexibility index (Phi) is 4.52. The van der Waals surface area contributed by atoms with Crippen LogP contribution in [0.1, 0.15) is 33.2 Å². The molecule has 1 aromatic heterocycles. The molecule has 2 heterocycles. The molecule has 1 unspecified atom stereocenters. The van der Waals surface area contributed by atoms with E-state index in [2.05, 4.69) is 50.4 Å². The molecule has 1 aliphatic rings. The van der Waals surface area contributed by atoms with Crippen LogP contribution in [0.5, 0.6) is 0 Å². The van der Waals surface area contributed by atoms with Crippen LogP contribution in [0.4, 0.5) is 0 Å². The molecule has 3 aromatic carbocycles. The zero-order valence-corrected chi connectivity index (χ0v) is 17.1. The molecule has 5 heteroatoms. The minimum atomic E-state index is -0.195. The van der Waals surface area contributed by atoms with Crippen molar-refractivity contribution in [1.29, 1.82) is 0 Å². The van der Waals surface area contributed by atoms with Gasteiger partial charge in [0.15, 0.2) is 0 Å². The van der Waals surface area contributed by atoms with Gasteiger partial charge in [-0.1, -0.05) is 88.7 Å². The van der Waals surface area contributed by atoms with Crippen molar-refractivity contribution in [1.82, 2.24) is 15.1 Å². The highest BCUT2D eigenvalue weighted by Crippen LogP contribution is 2.43. The third kappa shape index (κ3) is 3.17. The van der Waals surface area contributed by atoms with Crippen LogP contribution < -0.4 is 0 Å². The molecule has 0 radical (unpaired) electrons. The summed E-state index contributed by atoms with van der Waals surface area (Å²) >= 11 is 3.51. The van der Waals surface area contributed by atoms with Gasteiger partial charge in [-0.05, 0) is 23.3 Å². The van der Waals surface area contributed by atoms with Gasteiger partial charge in [0.05, 0.1) is 11.7 Å². The SMILES string of the molecule is O=C1c2[nH]nc(-c3ccccc3)c2C(c2ccc(Br)cc2)N1Cc1ccccc1. The van der Waals surface area contributed by atoms with Crippen LogP contribution in [0.3, 0.4) is 0 Å². The number of aromatic nitrogens is 2. The number of carbonyl (C=O) groups excluding carboxylic acids is 1. The molecule has 4 nitrogen and oxygen atoms in total. The first kappa shape index (κ1) is 17.9. The second kappa shape index (κ2) is 7.33. The van der Waals surface area contributed by atoms with Crippen LogP contribution >= 0.6 is 15.9 Å². The zero-order valence-electron chi connectivity index (χ0n) is 15.5. The number of H-pyrrole nitrogens is 1. The molecule has 0 aliphatic carbocycles. The fraction of sp³-hybridized carbons (Fsp3) is 0.0833. The number of halogens is 1. The van der Waals surface area contributed by atoms with E-state index in [1.165, 1.54) is 0 Å². The third-order valence-electron chi connectivity index (χ3n) is 5.29. The molecule has 5 rings (SSSR count). The first-order chi connectivity index (χ1) is 14.2. The lowest BCUT2D eigenvalue weighted by Crippen LogP contribution is -2.29. The van der Waals surface area contributed by atoms with E-state index in [9.17, 15) is 4.79 Å². The maximum absolute atomic E-state index is 13.3. The monoisotopic (exact) mass is 443 g/mol. The number of hydrogen-bond acceptors (Lipinski definition) is 2. The van der Waals surface area contributed by atoms with Crippen LogP contribution in [-0.2, 0) is 6.54 Å². The van der Waals surface area contributed by atoms with Crippen molar-refractivity contribution in [3.8, 4) is 11.3 Å². The standard InChI is InChI=1S/C24H18BrN3O/c25-19-13-11-18(12-14-19)23-20-21(17-9-5-2-6-10-17)26-27-22(20)24(29)28(23)15-16-7-3-1-4-8-16/h1-14,23H,15H2,(H,26,27). The number of rotatable bonds is 4. The number of hydrogen-bond donors (Lipinski definition) is 1. The Labute approximate surface area is 177 Å². The normalized spacial score (nSPS) is 15.6. The number of benzene rings is 3. The molecule has 4 aromatic rings. The third-order valence-corrected chi connectivity index (χ3v) is 5.82. The molecule has 1 atom stereocenters. The minimum Gasteiger partial charge on any atom is -0.322 e. The van der Waals surface area contributed by atoms with Crippen LogP contribution in [0.2, 0.25) is 0 Å². The molecule has 142 valence electrons. The quantitative estimate of drug-likeness (QED) is 0.447. The summed E-state index contributed by atoms with van der Waals surface area (Å²) in [6, 6.07) is 28.1. The van der Waals surface area contributed by atoms with Crippen LogP contribution in [0, 0.1) is 0 Å². The first-order valence-corrected chi connectivity index (χ1v) is 10.3. The van der Waals surface area contributed by atoms with E-state index in [-0.39, 0.29) is 11.9 Å². The lowest BCUT2D eigenvalue weighted by Gasteiger charge is -2.26. The Morgan fingerprint density at radius 2 is 1.55 bits per heavy atom. The van der Waals surface area contributed by atoms with Crippen molar-refractivity contribution in [3.63, 3.8) is 0 Å². The van der Waals surface area contributed by atoms with E-state index in [0.717, 1.165) is 32.4 Å². The Balaban J connectivity index is 1.65. The molecule has 1 aliphatic heterocycles. The lowest BCUT2D eigenvalue weighted by atomic mass is 9.96. The van der Waals surface area contributed by atoms with Crippen LogP contribution in [-0.4, -0.2) is 21.0 Å². The minimum absolute atomic E-state index is 0.0218. The second-order valence-electron chi connectivity index (χ2n) is 7.10. The van der Waals surface area contributed by atoms with E-state index in [1.807, 2.05) is 65.6 Å². The van der Waals surface area contributed by atoms with Gasteiger partial charge in [-0.15, -0.1) is 0 Å². The Bertz CT molecular complexity index is 1150. The van der Waals surface area contributed by atoms with Crippen molar-refractivity contribution < 1.29 is 4.79 Å². The molecule has 1 N–H and O–H groups in total. The molecule has 0 saturated carbocycles. The summed E-state index contributed by atoms with van der Waals surface area (Å²) < 4.78 is 1.01. The van der Waals surface area contributed by atoms with Crippen LogP contribution in [0.15, 0.2) is 89.4 Å². The van der Waals surface area contributed by atoms with Crippen LogP contribution in [0.25, 0.3) is 11.3 Å². The van der Waals surface area contributed by atoms with Crippen molar-refractivity contribution in [2.24, 2.45) is 0 Å². The summed E-state index contributed by atoms with van der Waals surface area (Å²) in [4.78, 5) is 15.3. The number of amides is 1. The van der Waals surface area contributed by atoms with E-state index in [4.69, 9.17) is 0 Å². The zero-order chi connectivity index (χ0) is 19.8. The van der Waals surface area contributed by atoms with Gasteiger partial charge in [-0.25, -0.2) is 0 Å². The van der Waals surface area contributed by atoms with E-state index in [1.54, 1.807) is 0 Å². The van der Waals surface area contributed by atoms with E-state index < -0.39 is 0 Å². The maximum Gasteiger partial charge on any atom is 0.273 e. The fourth-order valence-corrected chi connectivity index (χ4v) is 4.21. The van der Waals surface area contributed by atoms with Crippen molar-refractivity contribution in [2.75, 3.05) is 0 Å². The number of nitrogens with one attached hydrogen (secondary N) is 1. The van der Waals surface area contributed by atoms with E-state index in [0.29, 0.717) is 12.2 Å². The average molecular weight is 444 g/mol. The summed E-state index contributed by atoms with van der Waals surface area (Å²) in [5.41, 5.74) is 5.52. The highest BCUT2D eigenvalue weighted by molar-refractivity contribution is 9.10. The Morgan fingerprint density at radius 3 is 2.24 bits per heavy atom. The highest BCUT2D eigenvalue weighted by atomic mass is 79.9. The van der Waals surface area contributed by atoms with Gasteiger partial charge in [0.1, 0.15) is 5.69 Å². The summed E-state index contributed by atoms with van der Waals surface area (Å²) in [7, 11) is 0. The van der Waals surface area contributed by atoms with Crippen molar-refractivity contribution in [2.45, 2.75) is 12.6 Å². The number of fused-ring (bicyclic) bond motifs is 1. The second-order valence-corrected chi connectivity index (χ2v) is 8.02. The van der Waals surface area contributed by atoms with Gasteiger partial charge in [0.2, 0.25) is 0 Å². The van der Waals surface area contributed by atoms with Crippen molar-refractivity contribution >= 4 is 21.8 Å². The summed E-state index contributed by atoms with van der Waals surface area (Å²) in [6.07, 6.45) is 0. The maximum atomic E-state index is 13.3. The lowest BCUT2D eigenvalue weighted by molar-refractivity contribution is 0.0730. The molecule has 0 fully saturated rings. The van der Waals surface area contributed by atoms with Gasteiger partial charge in [-0.2, -0.15) is 5.10 Å². The highest BCUT2D eigenvalue weighted by Gasteiger charge is 2.42. The Hall–Kier alpha value is -3.18. The largest absolute Gasteiger partial charge is 0.322 e. The fourth-order valence-electron chi connectivity index (χ4n) is 3.95. The topological polar surface area (TPSA) is 49.0 Å². The molecular formula is C24H18BrN3O. The number of carbonyl (C=O) groups is 1. The van der Waals surface area contributed by atoms with Crippen molar-refractivity contribution in [3.05, 3.63) is 112 Å². The molecule has 1 amide bonds. The van der Waals surface area contributed by atoms with Gasteiger partial charge in [0.25, 0.3) is 5.91 Å². The summed E-state index contributed by atoms with van der Waals surface area (Å²) in [5.74, 6) is -0.0218. The smallest absolute Gasteiger partial charge is 0.273 e. The summed E-state index contributed by atoms with van der Waals surface area (Å²) in [6.45, 7) is 0.539. The Morgan fingerprint density at radius 1 is 0.897 bits per heavy atom. The molecular weight excluding hydrogens is 426 g/mol. The number of nitrogens with zero attached hydrogens (tertiary/aromatic N) is 2. The van der Waals surface area contributed by atoms with Gasteiger partial charge >= 0.3 is 0 Å². The molecule has 0 bridgehead atoms. The van der Waals surface area contributed by atoms with Gasteiger partial charge in [-0.3, -0.25) is 9.89 Å². The number of aromatic amines is 1. The summed E-state index contributed by atoms with van der Waals surface area (Å²) in [5, 5.41) is 7.52. The molecule has 0 spiro atoms. The predicted octanol–water partition coefficient (Wildman–Crippen LogP) is 5.58. The van der Waals surface area contributed by atoms with E-state index >= 15 is 0 Å². The first-order valence-electron chi connectivity index (χ1n) is 9.46. The van der Waals surface area contributed by atoms with Gasteiger partial charge in [0, 0.05) is 22.1 Å². The van der Waals surface area contributed by atoms with Gasteiger partial charge < -0.3 is 4.90 Å². The predicted molar refractivity (Wildman–Crippen MR) is 116 cm³/mol.